The fourth-order valence-corrected chi connectivity index (χ4v) is 0.876. The average molecular weight is 217 g/mol. The molecular weight excluding hydrogens is 207 g/mol. The number of halogens is 2. The van der Waals surface area contributed by atoms with Crippen molar-refractivity contribution in [2.75, 3.05) is 0 Å². The van der Waals surface area contributed by atoms with Gasteiger partial charge in [0.2, 0.25) is 0 Å². The zero-order valence-electron chi connectivity index (χ0n) is 7.88. The van der Waals surface area contributed by atoms with Crippen molar-refractivity contribution in [1.29, 1.82) is 0 Å². The first-order valence-corrected chi connectivity index (χ1v) is 4.44. The molecule has 0 amide bonds. The van der Waals surface area contributed by atoms with Crippen molar-refractivity contribution < 1.29 is 13.9 Å². The van der Waals surface area contributed by atoms with Crippen LogP contribution in [0.4, 0.5) is 4.39 Å². The Kier molecular flexibility index (Phi) is 3.11. The molecular formula is C10H10ClFO2. The van der Waals surface area contributed by atoms with E-state index in [1.165, 1.54) is 24.3 Å². The Hall–Kier alpha value is -1.09. The standard InChI is InChI=1S/C10H10ClFO2/c1-10(2,9(11)13)14-8-5-3-7(12)4-6-8/h3-6H,1-2H3. The molecule has 0 unspecified atom stereocenters. The van der Waals surface area contributed by atoms with Gasteiger partial charge in [-0.15, -0.1) is 0 Å². The number of carbonyl (C=O) groups excluding carboxylic acids is 1. The number of ether oxygens (including phenoxy) is 1. The second-order valence-electron chi connectivity index (χ2n) is 3.34. The molecule has 0 saturated carbocycles. The summed E-state index contributed by atoms with van der Waals surface area (Å²) in [7, 11) is 0. The van der Waals surface area contributed by atoms with Crippen LogP contribution in [0.15, 0.2) is 24.3 Å². The molecule has 0 bridgehead atoms. The Labute approximate surface area is 86.6 Å². The molecule has 76 valence electrons. The molecule has 0 aromatic heterocycles. The molecule has 1 rings (SSSR count). The number of benzene rings is 1. The van der Waals surface area contributed by atoms with E-state index in [0.29, 0.717) is 5.75 Å². The van der Waals surface area contributed by atoms with Gasteiger partial charge in [-0.3, -0.25) is 4.79 Å². The summed E-state index contributed by atoms with van der Waals surface area (Å²) < 4.78 is 17.8. The minimum absolute atomic E-state index is 0.354. The van der Waals surface area contributed by atoms with Crippen LogP contribution in [0.3, 0.4) is 0 Å². The summed E-state index contributed by atoms with van der Waals surface area (Å²) in [5, 5.41) is -0.596. The fourth-order valence-electron chi connectivity index (χ4n) is 0.837. The van der Waals surface area contributed by atoms with E-state index in [4.69, 9.17) is 16.3 Å². The zero-order chi connectivity index (χ0) is 10.8. The van der Waals surface area contributed by atoms with Gasteiger partial charge in [0.1, 0.15) is 11.6 Å². The molecule has 2 nitrogen and oxygen atoms in total. The highest BCUT2D eigenvalue weighted by Gasteiger charge is 2.27. The van der Waals surface area contributed by atoms with E-state index in [0.717, 1.165) is 0 Å². The molecule has 0 aliphatic rings. The third-order valence-corrected chi connectivity index (χ3v) is 2.12. The second kappa shape index (κ2) is 3.96. The van der Waals surface area contributed by atoms with Crippen molar-refractivity contribution in [3.63, 3.8) is 0 Å². The first-order chi connectivity index (χ1) is 6.42. The molecule has 0 aliphatic carbocycles. The summed E-state index contributed by atoms with van der Waals surface area (Å²) in [4.78, 5) is 10.9. The van der Waals surface area contributed by atoms with Crippen molar-refractivity contribution in [1.82, 2.24) is 0 Å². The van der Waals surface area contributed by atoms with Crippen LogP contribution in [-0.2, 0) is 4.79 Å². The lowest BCUT2D eigenvalue weighted by molar-refractivity contribution is -0.123. The summed E-state index contributed by atoms with van der Waals surface area (Å²) in [5.74, 6) is 0.0535. The van der Waals surface area contributed by atoms with Crippen LogP contribution in [-0.4, -0.2) is 10.8 Å². The summed E-state index contributed by atoms with van der Waals surface area (Å²) >= 11 is 5.31. The molecule has 0 radical (unpaired) electrons. The fraction of sp³-hybridized carbons (Fsp3) is 0.300. The Morgan fingerprint density at radius 3 is 2.29 bits per heavy atom. The van der Waals surface area contributed by atoms with Crippen molar-refractivity contribution in [2.24, 2.45) is 0 Å². The monoisotopic (exact) mass is 216 g/mol. The van der Waals surface area contributed by atoms with Gasteiger partial charge in [-0.2, -0.15) is 0 Å². The Morgan fingerprint density at radius 1 is 1.36 bits per heavy atom. The average Bonchev–Trinajstić information content (AvgIpc) is 2.08. The largest absolute Gasteiger partial charge is 0.479 e. The molecule has 0 heterocycles. The Balaban J connectivity index is 2.79. The van der Waals surface area contributed by atoms with E-state index in [1.54, 1.807) is 13.8 Å². The van der Waals surface area contributed by atoms with Crippen LogP contribution in [0.1, 0.15) is 13.8 Å². The highest BCUT2D eigenvalue weighted by atomic mass is 35.5. The lowest BCUT2D eigenvalue weighted by Gasteiger charge is -2.21. The number of rotatable bonds is 3. The van der Waals surface area contributed by atoms with Gasteiger partial charge in [0, 0.05) is 0 Å². The quantitative estimate of drug-likeness (QED) is 0.727. The summed E-state index contributed by atoms with van der Waals surface area (Å²) in [6.07, 6.45) is 0. The summed E-state index contributed by atoms with van der Waals surface area (Å²) in [5.41, 5.74) is -1.10. The van der Waals surface area contributed by atoms with Gasteiger partial charge in [-0.1, -0.05) is 0 Å². The number of hydrogen-bond donors (Lipinski definition) is 0. The zero-order valence-corrected chi connectivity index (χ0v) is 8.64. The molecule has 1 aromatic carbocycles. The Morgan fingerprint density at radius 2 is 1.86 bits per heavy atom. The van der Waals surface area contributed by atoms with Gasteiger partial charge in [0.25, 0.3) is 5.24 Å². The molecule has 0 spiro atoms. The van der Waals surface area contributed by atoms with Crippen molar-refractivity contribution in [3.8, 4) is 5.75 Å². The summed E-state index contributed by atoms with van der Waals surface area (Å²) in [6.45, 7) is 3.09. The van der Waals surface area contributed by atoms with E-state index in [-0.39, 0.29) is 5.82 Å². The SMILES string of the molecule is CC(C)(Oc1ccc(F)cc1)C(=O)Cl. The number of carbonyl (C=O) groups is 1. The van der Waals surface area contributed by atoms with E-state index in [9.17, 15) is 9.18 Å². The van der Waals surface area contributed by atoms with Crippen molar-refractivity contribution >= 4 is 16.8 Å². The molecule has 0 fully saturated rings. The molecule has 4 heteroatoms. The van der Waals surface area contributed by atoms with Crippen LogP contribution in [0, 0.1) is 5.82 Å². The Bertz CT molecular complexity index is 332. The van der Waals surface area contributed by atoms with Gasteiger partial charge >= 0.3 is 0 Å². The van der Waals surface area contributed by atoms with Gasteiger partial charge < -0.3 is 4.74 Å². The highest BCUT2D eigenvalue weighted by Crippen LogP contribution is 2.20. The minimum atomic E-state index is -1.10. The van der Waals surface area contributed by atoms with Crippen LogP contribution in [0.25, 0.3) is 0 Å². The molecule has 0 aliphatic heterocycles. The van der Waals surface area contributed by atoms with Crippen molar-refractivity contribution in [3.05, 3.63) is 30.1 Å². The van der Waals surface area contributed by atoms with Crippen LogP contribution in [0.2, 0.25) is 0 Å². The maximum Gasteiger partial charge on any atom is 0.264 e. The van der Waals surface area contributed by atoms with Crippen LogP contribution in [0.5, 0.6) is 5.75 Å². The van der Waals surface area contributed by atoms with Gasteiger partial charge in [-0.25, -0.2) is 4.39 Å². The normalized spacial score (nSPS) is 11.1. The first kappa shape index (κ1) is 11.0. The lowest BCUT2D eigenvalue weighted by Crippen LogP contribution is -2.34. The lowest BCUT2D eigenvalue weighted by atomic mass is 10.1. The number of hydrogen-bond acceptors (Lipinski definition) is 2. The van der Waals surface area contributed by atoms with E-state index in [1.807, 2.05) is 0 Å². The van der Waals surface area contributed by atoms with Crippen LogP contribution >= 0.6 is 11.6 Å². The van der Waals surface area contributed by atoms with Gasteiger partial charge in [0.05, 0.1) is 0 Å². The third-order valence-electron chi connectivity index (χ3n) is 1.66. The molecule has 0 atom stereocenters. The topological polar surface area (TPSA) is 26.3 Å². The van der Waals surface area contributed by atoms with Gasteiger partial charge in [0.15, 0.2) is 5.60 Å². The maximum absolute atomic E-state index is 12.5. The van der Waals surface area contributed by atoms with E-state index < -0.39 is 10.8 Å². The highest BCUT2D eigenvalue weighted by molar-refractivity contribution is 6.65. The predicted molar refractivity (Wildman–Crippen MR) is 52.0 cm³/mol. The maximum atomic E-state index is 12.5. The predicted octanol–water partition coefficient (Wildman–Crippen LogP) is 2.75. The smallest absolute Gasteiger partial charge is 0.264 e. The molecule has 0 saturated heterocycles. The third kappa shape index (κ3) is 2.70. The van der Waals surface area contributed by atoms with E-state index >= 15 is 0 Å². The van der Waals surface area contributed by atoms with Crippen molar-refractivity contribution in [2.45, 2.75) is 19.4 Å². The first-order valence-electron chi connectivity index (χ1n) is 4.06. The minimum Gasteiger partial charge on any atom is -0.479 e. The van der Waals surface area contributed by atoms with E-state index in [2.05, 4.69) is 0 Å². The van der Waals surface area contributed by atoms with Crippen LogP contribution < -0.4 is 4.74 Å². The second-order valence-corrected chi connectivity index (χ2v) is 3.68. The van der Waals surface area contributed by atoms with Gasteiger partial charge in [-0.05, 0) is 49.7 Å². The molecule has 0 N–H and O–H groups in total. The summed E-state index contributed by atoms with van der Waals surface area (Å²) in [6, 6.07) is 5.39. The molecule has 14 heavy (non-hydrogen) atoms. The molecule has 1 aromatic rings.